The molecule has 9 nitrogen and oxygen atoms in total. The van der Waals surface area contributed by atoms with Gasteiger partial charge in [0.05, 0.1) is 29.6 Å². The van der Waals surface area contributed by atoms with Crippen molar-refractivity contribution in [3.05, 3.63) is 66.4 Å². The maximum Gasteiger partial charge on any atom is 0.347 e. The average molecular weight is 530 g/mol. The number of benzene rings is 1. The summed E-state index contributed by atoms with van der Waals surface area (Å²) in [6.07, 6.45) is 3.52. The summed E-state index contributed by atoms with van der Waals surface area (Å²) in [5.41, 5.74) is -0.160. The van der Waals surface area contributed by atoms with E-state index in [9.17, 15) is 24.3 Å². The van der Waals surface area contributed by atoms with Gasteiger partial charge in [-0.15, -0.1) is 0 Å². The summed E-state index contributed by atoms with van der Waals surface area (Å²) in [5, 5.41) is 10.4. The fourth-order valence-corrected chi connectivity index (χ4v) is 6.41. The van der Waals surface area contributed by atoms with Gasteiger partial charge >= 0.3 is 11.4 Å². The van der Waals surface area contributed by atoms with Crippen LogP contribution in [0.15, 0.2) is 49.5 Å². The Morgan fingerprint density at radius 2 is 1.88 bits per heavy atom. The predicted molar refractivity (Wildman–Crippen MR) is 126 cm³/mol. The first-order chi connectivity index (χ1) is 16.0. The molecule has 1 aromatic carbocycles. The number of ketones is 2. The van der Waals surface area contributed by atoms with Crippen molar-refractivity contribution in [3.8, 4) is 11.5 Å². The Morgan fingerprint density at radius 3 is 2.56 bits per heavy atom. The fourth-order valence-electron chi connectivity index (χ4n) is 5.95. The van der Waals surface area contributed by atoms with E-state index >= 15 is 0 Å². The van der Waals surface area contributed by atoms with Crippen LogP contribution in [0.25, 0.3) is 0 Å². The lowest BCUT2D eigenvalue weighted by molar-refractivity contribution is -0.139. The number of rotatable bonds is 2. The number of phenols is 1. The van der Waals surface area contributed by atoms with E-state index in [2.05, 4.69) is 15.9 Å². The second-order valence-corrected chi connectivity index (χ2v) is 10.2. The summed E-state index contributed by atoms with van der Waals surface area (Å²) in [4.78, 5) is 52.6. The molecule has 1 aliphatic heterocycles. The summed E-state index contributed by atoms with van der Waals surface area (Å²) in [6.45, 7) is 3.60. The normalized spacial score (nSPS) is 28.0. The van der Waals surface area contributed by atoms with Gasteiger partial charge in [0.2, 0.25) is 0 Å². The number of fused-ring (bicyclic) bond motifs is 4. The average Bonchev–Trinajstić information content (AvgIpc) is 3.03. The lowest BCUT2D eigenvalue weighted by Gasteiger charge is -2.52. The van der Waals surface area contributed by atoms with Crippen molar-refractivity contribution in [1.29, 1.82) is 0 Å². The molecule has 0 spiro atoms. The first-order valence-corrected chi connectivity index (χ1v) is 11.7. The number of hydrogen-bond donors (Lipinski definition) is 1. The number of aromatic nitrogens is 3. The third-order valence-corrected chi connectivity index (χ3v) is 8.34. The van der Waals surface area contributed by atoms with E-state index in [1.807, 2.05) is 6.08 Å². The van der Waals surface area contributed by atoms with E-state index in [1.165, 1.54) is 29.6 Å². The Hall–Kier alpha value is -3.14. The molecule has 34 heavy (non-hydrogen) atoms. The van der Waals surface area contributed by atoms with Crippen molar-refractivity contribution in [1.82, 2.24) is 13.9 Å². The molecule has 2 aliphatic carbocycles. The molecule has 1 saturated carbocycles. The van der Waals surface area contributed by atoms with Crippen LogP contribution in [0, 0.1) is 11.3 Å². The number of aromatic hydroxyl groups is 1. The molecule has 4 atom stereocenters. The molecule has 1 aromatic heterocycles. The SMILES string of the molecule is COc1cc([C@H]2C3=CCn4c(=O)n(C)c(=O)n4[C@@H]3C[C@H]3C(=O)C(C)=CC(=O)[C@@]23C)cc(Br)c1O. The van der Waals surface area contributed by atoms with Crippen molar-refractivity contribution in [2.24, 2.45) is 18.4 Å². The van der Waals surface area contributed by atoms with Gasteiger partial charge in [-0.1, -0.05) is 13.0 Å². The van der Waals surface area contributed by atoms with Crippen LogP contribution in [-0.4, -0.2) is 37.7 Å². The number of hydrogen-bond acceptors (Lipinski definition) is 6. The first kappa shape index (κ1) is 22.6. The number of Topliss-reactive ketones (excluding diaryl/α,β-unsaturated/α-hetero) is 1. The van der Waals surface area contributed by atoms with Gasteiger partial charge in [0.25, 0.3) is 0 Å². The molecule has 5 rings (SSSR count). The lowest BCUT2D eigenvalue weighted by atomic mass is 9.51. The molecule has 3 aliphatic rings. The summed E-state index contributed by atoms with van der Waals surface area (Å²) in [7, 11) is 2.86. The van der Waals surface area contributed by atoms with Crippen molar-refractivity contribution in [2.45, 2.75) is 38.8 Å². The van der Waals surface area contributed by atoms with Gasteiger partial charge in [-0.25, -0.2) is 23.5 Å². The number of carbonyl (C=O) groups excluding carboxylic acids is 2. The largest absolute Gasteiger partial charge is 0.503 e. The van der Waals surface area contributed by atoms with Crippen LogP contribution in [0.5, 0.6) is 11.5 Å². The molecule has 10 heteroatoms. The minimum absolute atomic E-state index is 0.0761. The lowest BCUT2D eigenvalue weighted by Crippen LogP contribution is -2.54. The Kier molecular flexibility index (Phi) is 4.95. The van der Waals surface area contributed by atoms with E-state index in [4.69, 9.17) is 4.74 Å². The third kappa shape index (κ3) is 2.77. The van der Waals surface area contributed by atoms with Crippen molar-refractivity contribution in [3.63, 3.8) is 0 Å². The molecule has 178 valence electrons. The zero-order valence-corrected chi connectivity index (χ0v) is 20.7. The molecule has 0 bridgehead atoms. The Balaban J connectivity index is 1.81. The Morgan fingerprint density at radius 1 is 1.18 bits per heavy atom. The molecular formula is C24H24BrN3O6. The zero-order valence-electron chi connectivity index (χ0n) is 19.2. The number of methoxy groups -OCH3 is 1. The van der Waals surface area contributed by atoms with E-state index in [1.54, 1.807) is 26.0 Å². The van der Waals surface area contributed by atoms with Crippen LogP contribution in [0.3, 0.4) is 0 Å². The number of phenolic OH excluding ortho intramolecular Hbond substituents is 1. The molecule has 0 radical (unpaired) electrons. The molecule has 0 saturated heterocycles. The maximum absolute atomic E-state index is 13.6. The smallest absolute Gasteiger partial charge is 0.347 e. The third-order valence-electron chi connectivity index (χ3n) is 7.73. The molecule has 2 heterocycles. The van der Waals surface area contributed by atoms with E-state index < -0.39 is 34.7 Å². The maximum atomic E-state index is 13.6. The van der Waals surface area contributed by atoms with Crippen molar-refractivity contribution >= 4 is 27.5 Å². The summed E-state index contributed by atoms with van der Waals surface area (Å²) in [6, 6.07) is 2.81. The van der Waals surface area contributed by atoms with Crippen LogP contribution in [0.1, 0.15) is 37.8 Å². The summed E-state index contributed by atoms with van der Waals surface area (Å²) < 4.78 is 9.59. The number of nitrogens with zero attached hydrogens (tertiary/aromatic N) is 3. The number of halogens is 1. The number of allylic oxidation sites excluding steroid dienone is 4. The molecule has 1 N–H and O–H groups in total. The van der Waals surface area contributed by atoms with Crippen molar-refractivity contribution < 1.29 is 19.4 Å². The van der Waals surface area contributed by atoms with Crippen LogP contribution < -0.4 is 16.1 Å². The molecule has 0 amide bonds. The minimum Gasteiger partial charge on any atom is -0.503 e. The van der Waals surface area contributed by atoms with E-state index in [0.29, 0.717) is 15.6 Å². The summed E-state index contributed by atoms with van der Waals surface area (Å²) >= 11 is 3.37. The van der Waals surface area contributed by atoms with Gasteiger partial charge in [0, 0.05) is 18.9 Å². The summed E-state index contributed by atoms with van der Waals surface area (Å²) in [5.74, 6) is -1.43. The van der Waals surface area contributed by atoms with Crippen LogP contribution in [0.4, 0.5) is 0 Å². The van der Waals surface area contributed by atoms with Crippen LogP contribution in [-0.2, 0) is 23.2 Å². The van der Waals surface area contributed by atoms with Crippen LogP contribution >= 0.6 is 15.9 Å². The van der Waals surface area contributed by atoms with Gasteiger partial charge in [-0.2, -0.15) is 0 Å². The predicted octanol–water partition coefficient (Wildman–Crippen LogP) is 2.21. The second-order valence-electron chi connectivity index (χ2n) is 9.38. The van der Waals surface area contributed by atoms with Gasteiger partial charge in [0.15, 0.2) is 23.1 Å². The highest BCUT2D eigenvalue weighted by Crippen LogP contribution is 2.60. The Labute approximate surface area is 203 Å². The quantitative estimate of drug-likeness (QED) is 0.596. The molecule has 2 aromatic rings. The highest BCUT2D eigenvalue weighted by atomic mass is 79.9. The highest BCUT2D eigenvalue weighted by Gasteiger charge is 2.59. The van der Waals surface area contributed by atoms with Gasteiger partial charge in [-0.05, 0) is 64.2 Å². The monoisotopic (exact) mass is 529 g/mol. The van der Waals surface area contributed by atoms with Crippen molar-refractivity contribution in [2.75, 3.05) is 7.11 Å². The van der Waals surface area contributed by atoms with E-state index in [0.717, 1.165) is 10.1 Å². The molecular weight excluding hydrogens is 506 g/mol. The molecule has 1 fully saturated rings. The van der Waals surface area contributed by atoms with Gasteiger partial charge in [-0.3, -0.25) is 9.59 Å². The standard InChI is InChI=1S/C24H24BrN3O6/c1-11-7-18(29)24(2)14(20(11)30)10-16-13(5-6-27-22(32)26(3)23(33)28(16)27)19(24)12-8-15(25)21(31)17(9-12)34-4/h5,7-9,14,16,19,31H,6,10H2,1-4H3/t14-,16+,19-,24-/m0/s1. The Bertz CT molecular complexity index is 1460. The van der Waals surface area contributed by atoms with E-state index in [-0.39, 0.29) is 36.0 Å². The first-order valence-electron chi connectivity index (χ1n) is 10.9. The number of ether oxygens (including phenoxy) is 1. The minimum atomic E-state index is -1.11. The molecule has 0 unspecified atom stereocenters. The fraction of sp³-hybridized carbons (Fsp3) is 0.417. The van der Waals surface area contributed by atoms with Gasteiger partial charge in [0.1, 0.15) is 0 Å². The highest BCUT2D eigenvalue weighted by molar-refractivity contribution is 9.10. The second kappa shape index (κ2) is 7.43. The van der Waals surface area contributed by atoms with Gasteiger partial charge < -0.3 is 9.84 Å². The van der Waals surface area contributed by atoms with Crippen LogP contribution in [0.2, 0.25) is 0 Å². The number of carbonyl (C=O) groups is 2. The topological polar surface area (TPSA) is 113 Å². The zero-order chi connectivity index (χ0) is 24.7.